The number of aliphatic hydroxyl groups is 1. The zero-order chi connectivity index (χ0) is 13.5. The molecule has 0 aliphatic heterocycles. The zero-order valence-corrected chi connectivity index (χ0v) is 9.76. The van der Waals surface area contributed by atoms with E-state index >= 15 is 0 Å². The number of hydrogen-bond acceptors (Lipinski definition) is 6. The quantitative estimate of drug-likeness (QED) is 0.447. The third kappa shape index (κ3) is 7.15. The van der Waals surface area contributed by atoms with Crippen LogP contribution in [0.1, 0.15) is 26.7 Å². The maximum absolute atomic E-state index is 11.1. The number of rotatable bonds is 7. The summed E-state index contributed by atoms with van der Waals surface area (Å²) >= 11 is 0. The summed E-state index contributed by atoms with van der Waals surface area (Å²) in [6, 6.07) is 0. The van der Waals surface area contributed by atoms with E-state index in [-0.39, 0.29) is 51.0 Å². The van der Waals surface area contributed by atoms with Gasteiger partial charge >= 0.3 is 55.6 Å². The van der Waals surface area contributed by atoms with Gasteiger partial charge in [-0.15, -0.1) is 0 Å². The van der Waals surface area contributed by atoms with E-state index in [1.54, 1.807) is 13.8 Å². The molecule has 0 aromatic rings. The van der Waals surface area contributed by atoms with Crippen molar-refractivity contribution >= 4 is 55.6 Å². The molecule has 0 aromatic heterocycles. The van der Waals surface area contributed by atoms with Crippen LogP contribution in [0.5, 0.6) is 0 Å². The number of carboxylic acid groups (broad SMARTS) is 1. The summed E-state index contributed by atoms with van der Waals surface area (Å²) in [5.41, 5.74) is -2.49. The first kappa shape index (κ1) is 20.0. The summed E-state index contributed by atoms with van der Waals surface area (Å²) in [6.45, 7) is 3.22. The Hall–Kier alpha value is -0.370. The molecule has 0 heterocycles. The molecule has 0 spiro atoms. The van der Waals surface area contributed by atoms with Crippen LogP contribution in [-0.2, 0) is 23.9 Å². The van der Waals surface area contributed by atoms with Crippen LogP contribution >= 0.6 is 0 Å². The Morgan fingerprint density at radius 2 is 1.33 bits per heavy atom. The Morgan fingerprint density at radius 1 is 1.00 bits per heavy atom. The molecule has 0 radical (unpaired) electrons. The predicted molar refractivity (Wildman–Crippen MR) is 63.6 cm³/mol. The monoisotopic (exact) mass is 290 g/mol. The Balaban J connectivity index is 0. The number of carbonyl (C=O) groups excluding carboxylic acids is 2. The van der Waals surface area contributed by atoms with Crippen LogP contribution in [0.2, 0.25) is 0 Å². The zero-order valence-electron chi connectivity index (χ0n) is 9.76. The first-order valence-corrected chi connectivity index (χ1v) is 5.12. The molecule has 0 aliphatic rings. The Bertz CT molecular complexity index is 283. The fourth-order valence-corrected chi connectivity index (χ4v) is 1.12. The van der Waals surface area contributed by atoms with Crippen molar-refractivity contribution in [3.05, 3.63) is 0 Å². The molecule has 0 fully saturated rings. The minimum absolute atomic E-state index is 0. The second kappa shape index (κ2) is 9.55. The third-order valence-corrected chi connectivity index (χ3v) is 1.88. The molecular weight excluding hydrogens is 272 g/mol. The van der Waals surface area contributed by atoms with Gasteiger partial charge in [0.1, 0.15) is 0 Å². The minimum atomic E-state index is -2.49. The van der Waals surface area contributed by atoms with E-state index in [2.05, 4.69) is 9.47 Å². The SMILES string of the molecule is CCOC(=O)CC(O)(CC(=O)OCC)C(=O)O.[CaH2]. The van der Waals surface area contributed by atoms with Gasteiger partial charge in [0.05, 0.1) is 26.1 Å². The van der Waals surface area contributed by atoms with E-state index in [1.165, 1.54) is 0 Å². The van der Waals surface area contributed by atoms with Gasteiger partial charge in [-0.1, -0.05) is 0 Å². The van der Waals surface area contributed by atoms with Crippen molar-refractivity contribution in [1.82, 2.24) is 0 Å². The van der Waals surface area contributed by atoms with Gasteiger partial charge in [0.15, 0.2) is 5.60 Å². The summed E-state index contributed by atoms with van der Waals surface area (Å²) < 4.78 is 9.03. The fourth-order valence-electron chi connectivity index (χ4n) is 1.12. The molecule has 18 heavy (non-hydrogen) atoms. The third-order valence-electron chi connectivity index (χ3n) is 1.88. The van der Waals surface area contributed by atoms with E-state index in [4.69, 9.17) is 5.11 Å². The van der Waals surface area contributed by atoms with E-state index in [0.717, 1.165) is 0 Å². The van der Waals surface area contributed by atoms with Crippen molar-refractivity contribution in [3.8, 4) is 0 Å². The van der Waals surface area contributed by atoms with Crippen molar-refractivity contribution < 1.29 is 34.1 Å². The second-order valence-electron chi connectivity index (χ2n) is 3.30. The molecule has 2 N–H and O–H groups in total. The van der Waals surface area contributed by atoms with Gasteiger partial charge in [-0.3, -0.25) is 9.59 Å². The van der Waals surface area contributed by atoms with Gasteiger partial charge in [-0.2, -0.15) is 0 Å². The first-order valence-electron chi connectivity index (χ1n) is 5.12. The molecule has 0 aromatic carbocycles. The summed E-state index contributed by atoms with van der Waals surface area (Å²) in [5.74, 6) is -3.44. The van der Waals surface area contributed by atoms with E-state index in [1.807, 2.05) is 0 Å². The normalized spacial score (nSPS) is 10.2. The summed E-state index contributed by atoms with van der Waals surface area (Å²) in [7, 11) is 0. The predicted octanol–water partition coefficient (Wildman–Crippen LogP) is -1.21. The molecule has 0 aliphatic carbocycles. The van der Waals surface area contributed by atoms with E-state index in [0.29, 0.717) is 0 Å². The van der Waals surface area contributed by atoms with Crippen LogP contribution < -0.4 is 0 Å². The van der Waals surface area contributed by atoms with Crippen molar-refractivity contribution in [1.29, 1.82) is 0 Å². The molecule has 102 valence electrons. The Morgan fingerprint density at radius 3 is 1.56 bits per heavy atom. The van der Waals surface area contributed by atoms with Gasteiger partial charge in [0.2, 0.25) is 0 Å². The van der Waals surface area contributed by atoms with Gasteiger partial charge in [-0.05, 0) is 13.8 Å². The molecule has 8 heteroatoms. The van der Waals surface area contributed by atoms with Gasteiger partial charge in [0, 0.05) is 0 Å². The molecule has 0 unspecified atom stereocenters. The summed E-state index contributed by atoms with van der Waals surface area (Å²) in [5, 5.41) is 18.5. The molecule has 0 bridgehead atoms. The van der Waals surface area contributed by atoms with Crippen molar-refractivity contribution in [2.24, 2.45) is 0 Å². The number of carbonyl (C=O) groups is 3. The van der Waals surface area contributed by atoms with Gasteiger partial charge in [0.25, 0.3) is 0 Å². The van der Waals surface area contributed by atoms with Crippen molar-refractivity contribution in [2.75, 3.05) is 13.2 Å². The fraction of sp³-hybridized carbons (Fsp3) is 0.700. The molecule has 0 saturated heterocycles. The molecule has 0 atom stereocenters. The number of esters is 2. The number of aliphatic carboxylic acids is 1. The molecule has 0 rings (SSSR count). The topological polar surface area (TPSA) is 110 Å². The van der Waals surface area contributed by atoms with Gasteiger partial charge < -0.3 is 19.7 Å². The number of hydrogen-bond donors (Lipinski definition) is 2. The average molecular weight is 290 g/mol. The Kier molecular flexibility index (Phi) is 10.6. The van der Waals surface area contributed by atoms with Crippen LogP contribution in [0.25, 0.3) is 0 Å². The second-order valence-corrected chi connectivity index (χ2v) is 3.30. The van der Waals surface area contributed by atoms with Crippen LogP contribution in [0, 0.1) is 0 Å². The van der Waals surface area contributed by atoms with Crippen molar-refractivity contribution in [3.63, 3.8) is 0 Å². The average Bonchev–Trinajstić information content (AvgIpc) is 2.17. The molecular formula is C10H18CaO7. The number of ether oxygens (including phenoxy) is 2. The standard InChI is InChI=1S/C10H16O7.Ca.2H/c1-3-16-7(11)5-10(15,9(13)14)6-8(12)17-4-2;;;/h15H,3-6H2,1-2H3,(H,13,14);;;. The van der Waals surface area contributed by atoms with Crippen LogP contribution in [0.3, 0.4) is 0 Å². The summed E-state index contributed by atoms with van der Waals surface area (Å²) in [4.78, 5) is 33.0. The summed E-state index contributed by atoms with van der Waals surface area (Å²) in [6.07, 6.45) is -1.59. The molecule has 7 nitrogen and oxygen atoms in total. The van der Waals surface area contributed by atoms with Crippen LogP contribution in [0.4, 0.5) is 0 Å². The van der Waals surface area contributed by atoms with Crippen molar-refractivity contribution in [2.45, 2.75) is 32.3 Å². The number of carboxylic acids is 1. The van der Waals surface area contributed by atoms with Crippen LogP contribution in [0.15, 0.2) is 0 Å². The molecule has 0 saturated carbocycles. The maximum atomic E-state index is 11.1. The molecule has 0 amide bonds. The van der Waals surface area contributed by atoms with E-state index in [9.17, 15) is 19.5 Å². The first-order chi connectivity index (χ1) is 7.85. The van der Waals surface area contributed by atoms with E-state index < -0.39 is 36.4 Å². The van der Waals surface area contributed by atoms with Gasteiger partial charge in [-0.25, -0.2) is 4.79 Å². The van der Waals surface area contributed by atoms with Crippen LogP contribution in [-0.4, -0.2) is 84.7 Å². The Labute approximate surface area is 134 Å².